The first-order chi connectivity index (χ1) is 9.47. The highest BCUT2D eigenvalue weighted by Crippen LogP contribution is 2.28. The maximum Gasteiger partial charge on any atom is 0.142 e. The average molecular weight is 313 g/mol. The van der Waals surface area contributed by atoms with E-state index in [9.17, 15) is 4.39 Å². The molecule has 0 aliphatic rings. The third-order valence-electron chi connectivity index (χ3n) is 2.91. The van der Waals surface area contributed by atoms with Gasteiger partial charge in [-0.05, 0) is 35.9 Å². The second-order valence-corrected chi connectivity index (χ2v) is 5.50. The number of nitrogens with one attached hydrogen (secondary N) is 1. The average Bonchev–Trinajstić information content (AvgIpc) is 2.40. The Bertz CT molecular complexity index is 615. The zero-order chi connectivity index (χ0) is 14.7. The third-order valence-corrected chi connectivity index (χ3v) is 3.45. The van der Waals surface area contributed by atoms with Gasteiger partial charge in [0, 0.05) is 25.7 Å². The van der Waals surface area contributed by atoms with Gasteiger partial charge in [0.1, 0.15) is 5.82 Å². The van der Waals surface area contributed by atoms with Crippen molar-refractivity contribution in [1.82, 2.24) is 0 Å². The Morgan fingerprint density at radius 1 is 1.10 bits per heavy atom. The van der Waals surface area contributed by atoms with Crippen LogP contribution in [0.1, 0.15) is 5.56 Å². The minimum Gasteiger partial charge on any atom is -0.379 e. The Morgan fingerprint density at radius 3 is 2.50 bits per heavy atom. The number of benzene rings is 2. The summed E-state index contributed by atoms with van der Waals surface area (Å²) in [6.07, 6.45) is 0. The Kier molecular flexibility index (Phi) is 4.73. The summed E-state index contributed by atoms with van der Waals surface area (Å²) >= 11 is 11.7. The molecule has 0 bridgehead atoms. The van der Waals surface area contributed by atoms with Gasteiger partial charge in [-0.2, -0.15) is 0 Å². The van der Waals surface area contributed by atoms with E-state index < -0.39 is 5.82 Å². The summed E-state index contributed by atoms with van der Waals surface area (Å²) in [5.41, 5.74) is 2.73. The predicted octanol–water partition coefficient (Wildman–Crippen LogP) is 4.81. The van der Waals surface area contributed by atoms with E-state index >= 15 is 0 Å². The van der Waals surface area contributed by atoms with E-state index in [1.54, 1.807) is 12.1 Å². The topological polar surface area (TPSA) is 15.3 Å². The van der Waals surface area contributed by atoms with Crippen LogP contribution in [0.15, 0.2) is 36.4 Å². The maximum absolute atomic E-state index is 13.4. The van der Waals surface area contributed by atoms with Gasteiger partial charge in [0.15, 0.2) is 0 Å². The van der Waals surface area contributed by atoms with Crippen LogP contribution in [0, 0.1) is 5.82 Å². The molecule has 0 unspecified atom stereocenters. The van der Waals surface area contributed by atoms with E-state index in [4.69, 9.17) is 23.2 Å². The lowest BCUT2D eigenvalue weighted by Crippen LogP contribution is -2.12. The van der Waals surface area contributed by atoms with Crippen molar-refractivity contribution in [2.45, 2.75) is 6.54 Å². The van der Waals surface area contributed by atoms with Gasteiger partial charge >= 0.3 is 0 Å². The molecule has 0 aromatic heterocycles. The molecular formula is C15H15Cl2FN2. The first-order valence-electron chi connectivity index (χ1n) is 6.12. The summed E-state index contributed by atoms with van der Waals surface area (Å²) in [5.74, 6) is -0.412. The summed E-state index contributed by atoms with van der Waals surface area (Å²) in [6.45, 7) is 0.495. The van der Waals surface area contributed by atoms with Gasteiger partial charge in [-0.25, -0.2) is 4.39 Å². The van der Waals surface area contributed by atoms with Gasteiger partial charge in [0.05, 0.1) is 16.4 Å². The SMILES string of the molecule is CN(C)c1ccc(Cl)cc1NCc1ccc(Cl)c(F)c1. The summed E-state index contributed by atoms with van der Waals surface area (Å²) in [7, 11) is 3.91. The highest BCUT2D eigenvalue weighted by Gasteiger charge is 2.06. The Labute approximate surface area is 128 Å². The van der Waals surface area contributed by atoms with Crippen LogP contribution in [0.4, 0.5) is 15.8 Å². The van der Waals surface area contributed by atoms with Crippen LogP contribution in [-0.4, -0.2) is 14.1 Å². The molecule has 20 heavy (non-hydrogen) atoms. The molecule has 0 atom stereocenters. The van der Waals surface area contributed by atoms with Crippen molar-refractivity contribution in [2.24, 2.45) is 0 Å². The number of nitrogens with zero attached hydrogens (tertiary/aromatic N) is 1. The molecule has 0 radical (unpaired) electrons. The van der Waals surface area contributed by atoms with Crippen LogP contribution >= 0.6 is 23.2 Å². The van der Waals surface area contributed by atoms with Crippen LogP contribution < -0.4 is 10.2 Å². The second kappa shape index (κ2) is 6.33. The lowest BCUT2D eigenvalue weighted by atomic mass is 10.2. The fraction of sp³-hybridized carbons (Fsp3) is 0.200. The van der Waals surface area contributed by atoms with Gasteiger partial charge < -0.3 is 10.2 Å². The number of anilines is 2. The number of halogens is 3. The fourth-order valence-electron chi connectivity index (χ4n) is 1.89. The number of rotatable bonds is 4. The lowest BCUT2D eigenvalue weighted by molar-refractivity contribution is 0.626. The molecule has 0 spiro atoms. The van der Waals surface area contributed by atoms with E-state index in [1.807, 2.05) is 37.2 Å². The van der Waals surface area contributed by atoms with E-state index in [0.29, 0.717) is 11.6 Å². The largest absolute Gasteiger partial charge is 0.379 e. The second-order valence-electron chi connectivity index (χ2n) is 4.66. The maximum atomic E-state index is 13.4. The quantitative estimate of drug-likeness (QED) is 0.871. The van der Waals surface area contributed by atoms with Crippen LogP contribution in [0.5, 0.6) is 0 Å². The fourth-order valence-corrected chi connectivity index (χ4v) is 2.18. The number of hydrogen-bond donors (Lipinski definition) is 1. The van der Waals surface area contributed by atoms with Crippen molar-refractivity contribution in [3.05, 3.63) is 57.8 Å². The summed E-state index contributed by atoms with van der Waals surface area (Å²) in [5, 5.41) is 4.05. The Morgan fingerprint density at radius 2 is 1.85 bits per heavy atom. The van der Waals surface area contributed by atoms with Crippen molar-refractivity contribution >= 4 is 34.6 Å². The van der Waals surface area contributed by atoms with Gasteiger partial charge in [-0.1, -0.05) is 29.3 Å². The summed E-state index contributed by atoms with van der Waals surface area (Å²) in [4.78, 5) is 1.99. The zero-order valence-corrected chi connectivity index (χ0v) is 12.8. The molecule has 0 fully saturated rings. The molecule has 2 nitrogen and oxygen atoms in total. The molecule has 5 heteroatoms. The monoisotopic (exact) mass is 312 g/mol. The molecule has 0 aliphatic heterocycles. The molecule has 1 N–H and O–H groups in total. The van der Waals surface area contributed by atoms with E-state index in [2.05, 4.69) is 5.32 Å². The van der Waals surface area contributed by atoms with Crippen LogP contribution in [0.3, 0.4) is 0 Å². The molecule has 2 rings (SSSR count). The molecule has 0 aliphatic carbocycles. The lowest BCUT2D eigenvalue weighted by Gasteiger charge is -2.19. The molecule has 106 valence electrons. The Hall–Kier alpha value is -1.45. The molecule has 0 heterocycles. The van der Waals surface area contributed by atoms with Gasteiger partial charge in [0.25, 0.3) is 0 Å². The molecule has 2 aromatic rings. The predicted molar refractivity (Wildman–Crippen MR) is 84.5 cm³/mol. The first kappa shape index (κ1) is 14.9. The van der Waals surface area contributed by atoms with Gasteiger partial charge in [0.2, 0.25) is 0 Å². The molecule has 0 saturated carbocycles. The van der Waals surface area contributed by atoms with Crippen molar-refractivity contribution < 1.29 is 4.39 Å². The van der Waals surface area contributed by atoms with Crippen LogP contribution in [0.2, 0.25) is 10.0 Å². The smallest absolute Gasteiger partial charge is 0.142 e. The minimum absolute atomic E-state index is 0.130. The molecular weight excluding hydrogens is 298 g/mol. The van der Waals surface area contributed by atoms with Crippen molar-refractivity contribution in [3.63, 3.8) is 0 Å². The zero-order valence-electron chi connectivity index (χ0n) is 11.3. The number of hydrogen-bond acceptors (Lipinski definition) is 2. The third kappa shape index (κ3) is 3.56. The highest BCUT2D eigenvalue weighted by molar-refractivity contribution is 6.31. The highest BCUT2D eigenvalue weighted by atomic mass is 35.5. The molecule has 2 aromatic carbocycles. The normalized spacial score (nSPS) is 10.4. The van der Waals surface area contributed by atoms with Crippen molar-refractivity contribution in [1.29, 1.82) is 0 Å². The summed E-state index contributed by atoms with van der Waals surface area (Å²) < 4.78 is 13.4. The Balaban J connectivity index is 2.17. The van der Waals surface area contributed by atoms with Crippen molar-refractivity contribution in [2.75, 3.05) is 24.3 Å². The standard InChI is InChI=1S/C15H15Cl2FN2/c1-20(2)15-6-4-11(16)8-14(15)19-9-10-3-5-12(17)13(18)7-10/h3-8,19H,9H2,1-2H3. The van der Waals surface area contributed by atoms with E-state index in [-0.39, 0.29) is 5.02 Å². The van der Waals surface area contributed by atoms with E-state index in [0.717, 1.165) is 16.9 Å². The first-order valence-corrected chi connectivity index (χ1v) is 6.87. The van der Waals surface area contributed by atoms with E-state index in [1.165, 1.54) is 6.07 Å². The van der Waals surface area contributed by atoms with Crippen LogP contribution in [0.25, 0.3) is 0 Å². The van der Waals surface area contributed by atoms with Crippen molar-refractivity contribution in [3.8, 4) is 0 Å². The van der Waals surface area contributed by atoms with Gasteiger partial charge in [-0.15, -0.1) is 0 Å². The minimum atomic E-state index is -0.412. The van der Waals surface area contributed by atoms with Gasteiger partial charge in [-0.3, -0.25) is 0 Å². The van der Waals surface area contributed by atoms with Crippen LogP contribution in [-0.2, 0) is 6.54 Å². The molecule has 0 amide bonds. The summed E-state index contributed by atoms with van der Waals surface area (Å²) in [6, 6.07) is 10.4. The molecule has 0 saturated heterocycles.